The summed E-state index contributed by atoms with van der Waals surface area (Å²) in [7, 11) is 0. The van der Waals surface area contributed by atoms with Crippen molar-refractivity contribution in [3.63, 3.8) is 0 Å². The van der Waals surface area contributed by atoms with Gasteiger partial charge in [0.1, 0.15) is 11.5 Å². The third-order valence-electron chi connectivity index (χ3n) is 2.04. The Morgan fingerprint density at radius 3 is 2.12 bits per heavy atom. The molecule has 0 aliphatic carbocycles. The van der Waals surface area contributed by atoms with Crippen molar-refractivity contribution < 1.29 is 8.78 Å². The lowest BCUT2D eigenvalue weighted by molar-refractivity contribution is 0.0129. The van der Waals surface area contributed by atoms with Crippen LogP contribution in [0.25, 0.3) is 0 Å². The number of hydrogen-bond donors (Lipinski definition) is 1. The number of aryl methyl sites for hydroxylation is 1. The van der Waals surface area contributed by atoms with Crippen LogP contribution in [0.3, 0.4) is 0 Å². The number of pyridine rings is 1. The molecule has 0 saturated carbocycles. The monoisotopic (exact) mass is 228 g/mol. The van der Waals surface area contributed by atoms with Gasteiger partial charge in [-0.1, -0.05) is 6.07 Å². The molecule has 0 fully saturated rings. The first-order chi connectivity index (χ1) is 7.09. The fourth-order valence-electron chi connectivity index (χ4n) is 1.25. The zero-order chi connectivity index (χ0) is 12.6. The SMILES string of the molecule is Cc1ccc(C(C)(F)F)nc1NC(C)(C)C. The fraction of sp³-hybridized carbons (Fsp3) is 0.583. The predicted molar refractivity (Wildman–Crippen MR) is 61.9 cm³/mol. The van der Waals surface area contributed by atoms with Gasteiger partial charge in [-0.15, -0.1) is 0 Å². The molecule has 90 valence electrons. The number of anilines is 1. The molecule has 2 nitrogen and oxygen atoms in total. The van der Waals surface area contributed by atoms with Crippen molar-refractivity contribution in [1.29, 1.82) is 0 Å². The minimum Gasteiger partial charge on any atom is -0.365 e. The Bertz CT molecular complexity index is 376. The van der Waals surface area contributed by atoms with Gasteiger partial charge in [-0.25, -0.2) is 4.98 Å². The topological polar surface area (TPSA) is 24.9 Å². The summed E-state index contributed by atoms with van der Waals surface area (Å²) >= 11 is 0. The van der Waals surface area contributed by atoms with E-state index in [4.69, 9.17) is 0 Å². The summed E-state index contributed by atoms with van der Waals surface area (Å²) in [5, 5.41) is 3.12. The summed E-state index contributed by atoms with van der Waals surface area (Å²) in [6.07, 6.45) is 0. The second kappa shape index (κ2) is 4.00. The summed E-state index contributed by atoms with van der Waals surface area (Å²) in [6, 6.07) is 3.02. The summed E-state index contributed by atoms with van der Waals surface area (Å²) in [4.78, 5) is 3.97. The van der Waals surface area contributed by atoms with E-state index in [1.165, 1.54) is 6.07 Å². The van der Waals surface area contributed by atoms with Gasteiger partial charge in [0.2, 0.25) is 0 Å². The van der Waals surface area contributed by atoms with Crippen molar-refractivity contribution in [3.8, 4) is 0 Å². The van der Waals surface area contributed by atoms with Crippen LogP contribution in [-0.2, 0) is 5.92 Å². The molecule has 16 heavy (non-hydrogen) atoms. The molecule has 1 aromatic rings. The van der Waals surface area contributed by atoms with E-state index in [0.29, 0.717) is 5.82 Å². The zero-order valence-corrected chi connectivity index (χ0v) is 10.4. The molecule has 4 heteroatoms. The molecule has 0 aromatic carbocycles. The summed E-state index contributed by atoms with van der Waals surface area (Å²) in [5.74, 6) is -2.38. The third-order valence-corrected chi connectivity index (χ3v) is 2.04. The first-order valence-electron chi connectivity index (χ1n) is 5.24. The molecule has 0 spiro atoms. The molecule has 1 N–H and O–H groups in total. The normalized spacial score (nSPS) is 12.7. The molecule has 0 aliphatic heterocycles. The highest BCUT2D eigenvalue weighted by atomic mass is 19.3. The van der Waals surface area contributed by atoms with E-state index in [2.05, 4.69) is 10.3 Å². The minimum absolute atomic E-state index is 0.195. The maximum Gasteiger partial charge on any atom is 0.287 e. The van der Waals surface area contributed by atoms with E-state index in [-0.39, 0.29) is 11.2 Å². The smallest absolute Gasteiger partial charge is 0.287 e. The number of rotatable bonds is 2. The summed E-state index contributed by atoms with van der Waals surface area (Å²) < 4.78 is 26.2. The van der Waals surface area contributed by atoms with Gasteiger partial charge in [-0.3, -0.25) is 0 Å². The molecular weight excluding hydrogens is 210 g/mol. The average molecular weight is 228 g/mol. The molecule has 0 atom stereocenters. The van der Waals surface area contributed by atoms with E-state index in [1.807, 2.05) is 27.7 Å². The lowest BCUT2D eigenvalue weighted by Gasteiger charge is -2.23. The lowest BCUT2D eigenvalue weighted by atomic mass is 10.1. The standard InChI is InChI=1S/C12H18F2N2/c1-8-6-7-9(12(5,13)14)15-10(8)16-11(2,3)4/h6-7H,1-5H3,(H,15,16). The van der Waals surface area contributed by atoms with Crippen molar-refractivity contribution >= 4 is 5.82 Å². The summed E-state index contributed by atoms with van der Waals surface area (Å²) in [5.41, 5.74) is 0.465. The van der Waals surface area contributed by atoms with Gasteiger partial charge in [-0.05, 0) is 39.3 Å². The fourth-order valence-corrected chi connectivity index (χ4v) is 1.25. The molecule has 0 bridgehead atoms. The molecule has 1 aromatic heterocycles. The Morgan fingerprint density at radius 1 is 1.12 bits per heavy atom. The Labute approximate surface area is 95.1 Å². The molecule has 0 saturated heterocycles. The number of nitrogens with one attached hydrogen (secondary N) is 1. The second-order valence-corrected chi connectivity index (χ2v) is 5.13. The first-order valence-corrected chi connectivity index (χ1v) is 5.24. The number of nitrogens with zero attached hydrogens (tertiary/aromatic N) is 1. The van der Waals surface area contributed by atoms with Crippen LogP contribution in [0.4, 0.5) is 14.6 Å². The van der Waals surface area contributed by atoms with Crippen LogP contribution in [0.5, 0.6) is 0 Å². The largest absolute Gasteiger partial charge is 0.365 e. The van der Waals surface area contributed by atoms with Gasteiger partial charge >= 0.3 is 0 Å². The van der Waals surface area contributed by atoms with Crippen molar-refractivity contribution in [1.82, 2.24) is 4.98 Å². The maximum atomic E-state index is 13.1. The van der Waals surface area contributed by atoms with Crippen LogP contribution in [0.15, 0.2) is 12.1 Å². The number of aromatic nitrogens is 1. The second-order valence-electron chi connectivity index (χ2n) is 5.13. The highest BCUT2D eigenvalue weighted by molar-refractivity contribution is 5.46. The molecular formula is C12H18F2N2. The van der Waals surface area contributed by atoms with Crippen molar-refractivity contribution in [2.24, 2.45) is 0 Å². The average Bonchev–Trinajstić information content (AvgIpc) is 2.04. The van der Waals surface area contributed by atoms with Crippen LogP contribution >= 0.6 is 0 Å². The highest BCUT2D eigenvalue weighted by Gasteiger charge is 2.27. The predicted octanol–water partition coefficient (Wildman–Crippen LogP) is 3.71. The molecule has 0 unspecified atom stereocenters. The molecule has 1 rings (SSSR count). The van der Waals surface area contributed by atoms with E-state index < -0.39 is 5.92 Å². The van der Waals surface area contributed by atoms with Crippen LogP contribution in [0.2, 0.25) is 0 Å². The van der Waals surface area contributed by atoms with Gasteiger partial charge in [0.15, 0.2) is 0 Å². The molecule has 0 amide bonds. The van der Waals surface area contributed by atoms with E-state index in [0.717, 1.165) is 12.5 Å². The Morgan fingerprint density at radius 2 is 1.69 bits per heavy atom. The van der Waals surface area contributed by atoms with Crippen LogP contribution in [0, 0.1) is 6.92 Å². The zero-order valence-electron chi connectivity index (χ0n) is 10.4. The first kappa shape index (κ1) is 12.9. The van der Waals surface area contributed by atoms with Gasteiger partial charge < -0.3 is 5.32 Å². The van der Waals surface area contributed by atoms with E-state index in [1.54, 1.807) is 6.07 Å². The Hall–Kier alpha value is -1.19. The minimum atomic E-state index is -2.90. The van der Waals surface area contributed by atoms with Gasteiger partial charge in [0.05, 0.1) is 0 Å². The molecule has 1 heterocycles. The van der Waals surface area contributed by atoms with E-state index >= 15 is 0 Å². The maximum absolute atomic E-state index is 13.1. The summed E-state index contributed by atoms with van der Waals surface area (Å²) in [6.45, 7) is 8.59. The Kier molecular flexibility index (Phi) is 3.22. The number of alkyl halides is 2. The van der Waals surface area contributed by atoms with Crippen LogP contribution < -0.4 is 5.32 Å². The highest BCUT2D eigenvalue weighted by Crippen LogP contribution is 2.28. The van der Waals surface area contributed by atoms with Gasteiger partial charge in [0, 0.05) is 12.5 Å². The quantitative estimate of drug-likeness (QED) is 0.834. The van der Waals surface area contributed by atoms with Gasteiger partial charge in [0.25, 0.3) is 5.92 Å². The van der Waals surface area contributed by atoms with Crippen LogP contribution in [0.1, 0.15) is 39.0 Å². The van der Waals surface area contributed by atoms with Crippen LogP contribution in [-0.4, -0.2) is 10.5 Å². The number of halogens is 2. The van der Waals surface area contributed by atoms with Crippen molar-refractivity contribution in [2.45, 2.75) is 46.1 Å². The Balaban J connectivity index is 3.10. The van der Waals surface area contributed by atoms with E-state index in [9.17, 15) is 8.78 Å². The van der Waals surface area contributed by atoms with Gasteiger partial charge in [-0.2, -0.15) is 8.78 Å². The number of hydrogen-bond acceptors (Lipinski definition) is 2. The van der Waals surface area contributed by atoms with Crippen molar-refractivity contribution in [2.75, 3.05) is 5.32 Å². The lowest BCUT2D eigenvalue weighted by Crippen LogP contribution is -2.27. The molecule has 0 aliphatic rings. The third kappa shape index (κ3) is 3.43. The molecule has 0 radical (unpaired) electrons. The van der Waals surface area contributed by atoms with Crippen molar-refractivity contribution in [3.05, 3.63) is 23.4 Å².